The molecule has 3 rings (SSSR count). The molecule has 1 saturated heterocycles. The predicted molar refractivity (Wildman–Crippen MR) is 85.6 cm³/mol. The van der Waals surface area contributed by atoms with Crippen molar-refractivity contribution in [1.29, 1.82) is 0 Å². The SMILES string of the molecule is O=C(C1=Cc2ccc(OCCCCl)cc21)N1CCCCC1. The summed E-state index contributed by atoms with van der Waals surface area (Å²) in [5.41, 5.74) is 2.98. The van der Waals surface area contributed by atoms with Crippen molar-refractivity contribution >= 4 is 29.2 Å². The molecule has 2 aliphatic rings. The summed E-state index contributed by atoms with van der Waals surface area (Å²) in [7, 11) is 0. The van der Waals surface area contributed by atoms with E-state index in [1.807, 2.05) is 29.2 Å². The van der Waals surface area contributed by atoms with Crippen molar-refractivity contribution in [3.8, 4) is 5.75 Å². The highest BCUT2D eigenvalue weighted by molar-refractivity contribution is 6.29. The minimum atomic E-state index is 0.167. The Balaban J connectivity index is 1.67. The van der Waals surface area contributed by atoms with Gasteiger partial charge in [0.05, 0.1) is 6.61 Å². The minimum Gasteiger partial charge on any atom is -0.494 e. The van der Waals surface area contributed by atoms with E-state index in [-0.39, 0.29) is 5.91 Å². The third-order valence-corrected chi connectivity index (χ3v) is 4.30. The van der Waals surface area contributed by atoms with E-state index in [4.69, 9.17) is 16.3 Å². The van der Waals surface area contributed by atoms with E-state index in [1.54, 1.807) is 0 Å². The van der Waals surface area contributed by atoms with Crippen LogP contribution in [0.25, 0.3) is 11.6 Å². The van der Waals surface area contributed by atoms with Gasteiger partial charge in [-0.3, -0.25) is 4.79 Å². The summed E-state index contributed by atoms with van der Waals surface area (Å²) in [6, 6.07) is 5.94. The van der Waals surface area contributed by atoms with Gasteiger partial charge in [0.15, 0.2) is 0 Å². The monoisotopic (exact) mass is 305 g/mol. The van der Waals surface area contributed by atoms with Crippen LogP contribution in [0, 0.1) is 0 Å². The van der Waals surface area contributed by atoms with E-state index in [0.29, 0.717) is 12.5 Å². The second-order valence-electron chi connectivity index (χ2n) is 5.55. The molecule has 0 radical (unpaired) electrons. The van der Waals surface area contributed by atoms with E-state index in [0.717, 1.165) is 54.8 Å². The third-order valence-electron chi connectivity index (χ3n) is 4.04. The Kier molecular flexibility index (Phi) is 4.49. The second kappa shape index (κ2) is 6.52. The summed E-state index contributed by atoms with van der Waals surface area (Å²) in [5, 5.41) is 0. The number of benzene rings is 1. The molecule has 4 heteroatoms. The molecule has 1 aliphatic heterocycles. The van der Waals surface area contributed by atoms with Crippen LogP contribution in [0.5, 0.6) is 5.75 Å². The molecule has 0 N–H and O–H groups in total. The molecule has 1 fully saturated rings. The molecule has 112 valence electrons. The highest BCUT2D eigenvalue weighted by Crippen LogP contribution is 2.36. The molecule has 1 aromatic rings. The van der Waals surface area contributed by atoms with Gasteiger partial charge in [-0.1, -0.05) is 6.07 Å². The number of alkyl halides is 1. The van der Waals surface area contributed by atoms with Crippen LogP contribution < -0.4 is 4.74 Å². The lowest BCUT2D eigenvalue weighted by molar-refractivity contribution is -0.125. The number of likely N-dealkylation sites (tertiary alicyclic amines) is 1. The molecule has 1 aromatic carbocycles. The van der Waals surface area contributed by atoms with Crippen molar-refractivity contribution in [2.24, 2.45) is 0 Å². The predicted octanol–water partition coefficient (Wildman–Crippen LogP) is 3.56. The molecule has 1 heterocycles. The van der Waals surface area contributed by atoms with E-state index in [2.05, 4.69) is 0 Å². The number of carbonyl (C=O) groups excluding carboxylic acids is 1. The lowest BCUT2D eigenvalue weighted by Gasteiger charge is -2.30. The van der Waals surface area contributed by atoms with Gasteiger partial charge in [0, 0.05) is 24.5 Å². The van der Waals surface area contributed by atoms with Crippen LogP contribution in [0.4, 0.5) is 0 Å². The summed E-state index contributed by atoms with van der Waals surface area (Å²) >= 11 is 5.65. The van der Waals surface area contributed by atoms with Gasteiger partial charge < -0.3 is 9.64 Å². The lowest BCUT2D eigenvalue weighted by atomic mass is 9.87. The number of hydrogen-bond acceptors (Lipinski definition) is 2. The van der Waals surface area contributed by atoms with Crippen LogP contribution in [-0.2, 0) is 4.79 Å². The number of rotatable bonds is 5. The number of amides is 1. The standard InChI is InChI=1S/C17H20ClNO2/c18-7-4-10-21-14-6-5-13-11-16(15(13)12-14)17(20)19-8-2-1-3-9-19/h5-6,11-12H,1-4,7-10H2. The second-order valence-corrected chi connectivity index (χ2v) is 5.93. The van der Waals surface area contributed by atoms with Gasteiger partial charge >= 0.3 is 0 Å². The summed E-state index contributed by atoms with van der Waals surface area (Å²) in [6.45, 7) is 2.39. The number of piperidine rings is 1. The van der Waals surface area contributed by atoms with Gasteiger partial charge in [-0.2, -0.15) is 0 Å². The molecule has 0 saturated carbocycles. The van der Waals surface area contributed by atoms with Crippen LogP contribution in [0.2, 0.25) is 0 Å². The van der Waals surface area contributed by atoms with E-state index >= 15 is 0 Å². The summed E-state index contributed by atoms with van der Waals surface area (Å²) < 4.78 is 5.65. The van der Waals surface area contributed by atoms with Crippen LogP contribution in [0.3, 0.4) is 0 Å². The Morgan fingerprint density at radius 2 is 2.05 bits per heavy atom. The number of nitrogens with zero attached hydrogens (tertiary/aromatic N) is 1. The average Bonchev–Trinajstić information content (AvgIpc) is 2.51. The maximum absolute atomic E-state index is 12.5. The molecule has 0 aromatic heterocycles. The molecule has 1 amide bonds. The minimum absolute atomic E-state index is 0.167. The maximum Gasteiger partial charge on any atom is 0.254 e. The number of carbonyl (C=O) groups is 1. The first-order chi connectivity index (χ1) is 10.3. The van der Waals surface area contributed by atoms with Crippen molar-refractivity contribution < 1.29 is 9.53 Å². The molecule has 0 bridgehead atoms. The molecule has 0 spiro atoms. The van der Waals surface area contributed by atoms with E-state index < -0.39 is 0 Å². The summed E-state index contributed by atoms with van der Waals surface area (Å²) in [4.78, 5) is 14.5. The Bertz CT molecular complexity index is 562. The largest absolute Gasteiger partial charge is 0.494 e. The van der Waals surface area contributed by atoms with Gasteiger partial charge in [-0.15, -0.1) is 11.6 Å². The molecule has 21 heavy (non-hydrogen) atoms. The fourth-order valence-corrected chi connectivity index (χ4v) is 2.94. The Morgan fingerprint density at radius 3 is 2.81 bits per heavy atom. The van der Waals surface area contributed by atoms with Crippen molar-refractivity contribution in [1.82, 2.24) is 4.90 Å². The van der Waals surface area contributed by atoms with Crippen LogP contribution in [0.1, 0.15) is 36.8 Å². The average molecular weight is 306 g/mol. The zero-order valence-corrected chi connectivity index (χ0v) is 12.9. The van der Waals surface area contributed by atoms with Crippen LogP contribution in [-0.4, -0.2) is 36.4 Å². The van der Waals surface area contributed by atoms with Crippen molar-refractivity contribution in [2.75, 3.05) is 25.6 Å². The molecule has 0 unspecified atom stereocenters. The van der Waals surface area contributed by atoms with Gasteiger partial charge in [0.1, 0.15) is 5.75 Å². The Hall–Kier alpha value is -1.48. The van der Waals surface area contributed by atoms with Crippen molar-refractivity contribution in [3.05, 3.63) is 29.3 Å². The van der Waals surface area contributed by atoms with E-state index in [1.165, 1.54) is 6.42 Å². The maximum atomic E-state index is 12.5. The molecule has 1 aliphatic carbocycles. The van der Waals surface area contributed by atoms with Gasteiger partial charge in [-0.25, -0.2) is 0 Å². The first-order valence-corrected chi connectivity index (χ1v) is 8.17. The number of hydrogen-bond donors (Lipinski definition) is 0. The Labute approximate surface area is 130 Å². The quantitative estimate of drug-likeness (QED) is 0.615. The van der Waals surface area contributed by atoms with E-state index in [9.17, 15) is 4.79 Å². The first-order valence-electron chi connectivity index (χ1n) is 7.64. The van der Waals surface area contributed by atoms with Crippen LogP contribution in [0.15, 0.2) is 18.2 Å². The van der Waals surface area contributed by atoms with Crippen LogP contribution >= 0.6 is 11.6 Å². The molecular formula is C17H20ClNO2. The summed E-state index contributed by atoms with van der Waals surface area (Å²) in [5.74, 6) is 1.58. The smallest absolute Gasteiger partial charge is 0.254 e. The zero-order valence-electron chi connectivity index (χ0n) is 12.1. The highest BCUT2D eigenvalue weighted by Gasteiger charge is 2.27. The number of fused-ring (bicyclic) bond motifs is 1. The van der Waals surface area contributed by atoms with Crippen molar-refractivity contribution in [2.45, 2.75) is 25.7 Å². The van der Waals surface area contributed by atoms with Gasteiger partial charge in [0.25, 0.3) is 5.91 Å². The number of halogens is 1. The fourth-order valence-electron chi connectivity index (χ4n) is 2.83. The van der Waals surface area contributed by atoms with Crippen molar-refractivity contribution in [3.63, 3.8) is 0 Å². The van der Waals surface area contributed by atoms with Gasteiger partial charge in [-0.05, 0) is 55.0 Å². The third kappa shape index (κ3) is 3.08. The van der Waals surface area contributed by atoms with Gasteiger partial charge in [0.2, 0.25) is 0 Å². The zero-order chi connectivity index (χ0) is 14.7. The Morgan fingerprint density at radius 1 is 1.24 bits per heavy atom. The highest BCUT2D eigenvalue weighted by atomic mass is 35.5. The molecule has 3 nitrogen and oxygen atoms in total. The molecular weight excluding hydrogens is 286 g/mol. The normalized spacial score (nSPS) is 16.8. The molecule has 0 atom stereocenters. The topological polar surface area (TPSA) is 29.5 Å². The lowest BCUT2D eigenvalue weighted by Crippen LogP contribution is -2.37. The summed E-state index contributed by atoms with van der Waals surface area (Å²) in [6.07, 6.45) is 6.28. The fraction of sp³-hybridized carbons (Fsp3) is 0.471. The number of ether oxygens (including phenoxy) is 1. The first kappa shape index (κ1) is 14.5.